The maximum Gasteiger partial charge on any atom is 0.149 e. The maximum absolute atomic E-state index is 4.55. The molecule has 0 N–H and O–H groups in total. The Labute approximate surface area is 124 Å². The summed E-state index contributed by atoms with van der Waals surface area (Å²) in [5.41, 5.74) is 5.98. The average molecular weight is 279 g/mol. The molecule has 1 radical (unpaired) electrons. The first kappa shape index (κ1) is 13.3. The van der Waals surface area contributed by atoms with E-state index in [0.717, 1.165) is 5.65 Å². The molecule has 99 valence electrons. The molecular weight excluding hydrogens is 263 g/mol. The first-order valence-electron chi connectivity index (χ1n) is 6.66. The Balaban J connectivity index is 2.30. The van der Waals surface area contributed by atoms with Crippen LogP contribution in [0.3, 0.4) is 0 Å². The van der Waals surface area contributed by atoms with Gasteiger partial charge in [0.1, 0.15) is 12.9 Å². The second-order valence-electron chi connectivity index (χ2n) is 4.80. The highest BCUT2D eigenvalue weighted by Gasteiger charge is 2.13. The number of hydrogen-bond donors (Lipinski definition) is 0. The Morgan fingerprint density at radius 3 is 2.75 bits per heavy atom. The molecule has 0 fully saturated rings. The van der Waals surface area contributed by atoms with E-state index in [0.29, 0.717) is 0 Å². The summed E-state index contributed by atoms with van der Waals surface area (Å²) >= 11 is 1.69. The summed E-state index contributed by atoms with van der Waals surface area (Å²) < 4.78 is 2.21. The third-order valence-corrected chi connectivity index (χ3v) is 4.24. The van der Waals surface area contributed by atoms with Crippen LogP contribution in [0.25, 0.3) is 22.3 Å². The number of aryl methyl sites for hydroxylation is 1. The molecule has 0 bridgehead atoms. The van der Waals surface area contributed by atoms with E-state index in [1.807, 2.05) is 6.20 Å². The van der Waals surface area contributed by atoms with Gasteiger partial charge in [-0.3, -0.25) is 3.97 Å². The van der Waals surface area contributed by atoms with Crippen LogP contribution in [0.5, 0.6) is 0 Å². The smallest absolute Gasteiger partial charge is 0.149 e. The molecule has 0 saturated heterocycles. The quantitative estimate of drug-likeness (QED) is 0.683. The first-order valence-corrected chi connectivity index (χ1v) is 7.84. The Morgan fingerprint density at radius 2 is 2.05 bits per heavy atom. The highest BCUT2D eigenvalue weighted by Crippen LogP contribution is 2.29. The molecule has 2 aromatic heterocycles. The van der Waals surface area contributed by atoms with E-state index in [9.17, 15) is 0 Å². The molecule has 2 heterocycles. The van der Waals surface area contributed by atoms with E-state index in [2.05, 4.69) is 72.6 Å². The number of pyridine rings is 1. The molecule has 4 heteroatoms. The predicted octanol–water partition coefficient (Wildman–Crippen LogP) is 3.52. The van der Waals surface area contributed by atoms with Crippen LogP contribution in [-0.2, 0) is 0 Å². The van der Waals surface area contributed by atoms with E-state index in [1.165, 1.54) is 27.7 Å². The number of hydrogen-bond acceptors (Lipinski definition) is 2. The lowest BCUT2D eigenvalue weighted by molar-refractivity contribution is 1.26. The third-order valence-electron chi connectivity index (χ3n) is 3.50. The standard InChI is InChI=1S/C16H16BN2S/c1-11-5-4-6-12(9-11)15-10-13-14(17-2)7-8-18-16(13)19(15)20-3/h4-10H,1-3H3. The second-order valence-corrected chi connectivity index (χ2v) is 5.53. The molecule has 0 spiro atoms. The Bertz CT molecular complexity index is 764. The number of nitrogens with zero attached hydrogens (tertiary/aromatic N) is 2. The van der Waals surface area contributed by atoms with E-state index in [1.54, 1.807) is 11.9 Å². The number of benzene rings is 1. The number of aromatic nitrogens is 2. The minimum absolute atomic E-state index is 1.03. The first-order chi connectivity index (χ1) is 9.74. The molecule has 0 amide bonds. The monoisotopic (exact) mass is 279 g/mol. The lowest BCUT2D eigenvalue weighted by Crippen LogP contribution is -2.11. The van der Waals surface area contributed by atoms with Crippen molar-refractivity contribution in [3.8, 4) is 11.3 Å². The Hall–Kier alpha value is -1.68. The van der Waals surface area contributed by atoms with Crippen LogP contribution in [0, 0.1) is 6.92 Å². The van der Waals surface area contributed by atoms with Crippen LogP contribution in [0.2, 0.25) is 6.82 Å². The minimum Gasteiger partial charge on any atom is -0.267 e. The van der Waals surface area contributed by atoms with Gasteiger partial charge in [0, 0.05) is 17.8 Å². The molecular formula is C16H16BN2S. The van der Waals surface area contributed by atoms with Crippen LogP contribution < -0.4 is 5.46 Å². The van der Waals surface area contributed by atoms with Gasteiger partial charge < -0.3 is 0 Å². The molecule has 0 aliphatic carbocycles. The van der Waals surface area contributed by atoms with Crippen molar-refractivity contribution in [3.05, 3.63) is 48.2 Å². The van der Waals surface area contributed by atoms with Gasteiger partial charge >= 0.3 is 0 Å². The molecule has 3 aromatic rings. The van der Waals surface area contributed by atoms with Crippen molar-refractivity contribution >= 4 is 35.7 Å². The summed E-state index contributed by atoms with van der Waals surface area (Å²) in [5, 5.41) is 1.21. The van der Waals surface area contributed by atoms with Crippen molar-refractivity contribution in [1.82, 2.24) is 8.96 Å². The summed E-state index contributed by atoms with van der Waals surface area (Å²) in [4.78, 5) is 4.55. The van der Waals surface area contributed by atoms with Gasteiger partial charge in [-0.2, -0.15) is 0 Å². The molecule has 20 heavy (non-hydrogen) atoms. The van der Waals surface area contributed by atoms with Crippen LogP contribution in [-0.4, -0.2) is 22.5 Å². The van der Waals surface area contributed by atoms with E-state index in [4.69, 9.17) is 0 Å². The largest absolute Gasteiger partial charge is 0.267 e. The predicted molar refractivity (Wildman–Crippen MR) is 90.1 cm³/mol. The molecule has 3 rings (SSSR count). The molecule has 0 aliphatic heterocycles. The summed E-state index contributed by atoms with van der Waals surface area (Å²) in [6, 6.07) is 12.9. The Kier molecular flexibility index (Phi) is 3.57. The molecule has 0 saturated carbocycles. The fraction of sp³-hybridized carbons (Fsp3) is 0.188. The summed E-state index contributed by atoms with van der Waals surface area (Å²) in [5.74, 6) is 0. The second kappa shape index (κ2) is 5.37. The minimum atomic E-state index is 1.03. The molecule has 2 nitrogen and oxygen atoms in total. The van der Waals surface area contributed by atoms with Gasteiger partial charge in [-0.15, -0.1) is 0 Å². The van der Waals surface area contributed by atoms with Crippen LogP contribution >= 0.6 is 11.9 Å². The SMILES string of the molecule is C[B]c1ccnc2c1cc(-c1cccc(C)c1)n2SC. The van der Waals surface area contributed by atoms with Gasteiger partial charge in [0.2, 0.25) is 0 Å². The summed E-state index contributed by atoms with van der Waals surface area (Å²) in [7, 11) is 2.13. The molecule has 0 aliphatic rings. The van der Waals surface area contributed by atoms with Gasteiger partial charge in [0.15, 0.2) is 0 Å². The summed E-state index contributed by atoms with van der Waals surface area (Å²) in [6.07, 6.45) is 3.97. The fourth-order valence-electron chi connectivity index (χ4n) is 2.54. The third kappa shape index (κ3) is 2.14. The number of rotatable bonds is 3. The van der Waals surface area contributed by atoms with Crippen molar-refractivity contribution < 1.29 is 0 Å². The Morgan fingerprint density at radius 1 is 1.20 bits per heavy atom. The zero-order chi connectivity index (χ0) is 14.1. The van der Waals surface area contributed by atoms with Crippen LogP contribution in [0.1, 0.15) is 5.56 Å². The van der Waals surface area contributed by atoms with Crippen molar-refractivity contribution in [3.63, 3.8) is 0 Å². The zero-order valence-corrected chi connectivity index (χ0v) is 12.7. The zero-order valence-electron chi connectivity index (χ0n) is 11.9. The van der Waals surface area contributed by atoms with Crippen molar-refractivity contribution in [2.24, 2.45) is 0 Å². The molecule has 0 unspecified atom stereocenters. The van der Waals surface area contributed by atoms with Crippen molar-refractivity contribution in [2.75, 3.05) is 6.26 Å². The van der Waals surface area contributed by atoms with Crippen LogP contribution in [0.4, 0.5) is 0 Å². The topological polar surface area (TPSA) is 17.8 Å². The van der Waals surface area contributed by atoms with Gasteiger partial charge in [-0.05, 0) is 42.6 Å². The maximum atomic E-state index is 4.55. The van der Waals surface area contributed by atoms with Crippen LogP contribution in [0.15, 0.2) is 42.6 Å². The lowest BCUT2D eigenvalue weighted by Gasteiger charge is -2.07. The molecule has 1 aromatic carbocycles. The van der Waals surface area contributed by atoms with Crippen molar-refractivity contribution in [2.45, 2.75) is 13.7 Å². The van der Waals surface area contributed by atoms with E-state index >= 15 is 0 Å². The van der Waals surface area contributed by atoms with E-state index in [-0.39, 0.29) is 0 Å². The van der Waals surface area contributed by atoms with Crippen molar-refractivity contribution in [1.29, 1.82) is 0 Å². The molecule has 0 atom stereocenters. The summed E-state index contributed by atoms with van der Waals surface area (Å²) in [6.45, 7) is 4.19. The fourth-order valence-corrected chi connectivity index (χ4v) is 3.21. The van der Waals surface area contributed by atoms with E-state index < -0.39 is 0 Å². The van der Waals surface area contributed by atoms with Gasteiger partial charge in [-0.1, -0.05) is 36.0 Å². The number of fused-ring (bicyclic) bond motifs is 1. The van der Waals surface area contributed by atoms with Gasteiger partial charge in [-0.25, -0.2) is 4.98 Å². The lowest BCUT2D eigenvalue weighted by atomic mass is 9.72. The normalized spacial score (nSPS) is 10.9. The van der Waals surface area contributed by atoms with Gasteiger partial charge in [0.05, 0.1) is 5.69 Å². The highest BCUT2D eigenvalue weighted by molar-refractivity contribution is 7.97. The average Bonchev–Trinajstić information content (AvgIpc) is 2.85. The highest BCUT2D eigenvalue weighted by atomic mass is 32.2. The van der Waals surface area contributed by atoms with Gasteiger partial charge in [0.25, 0.3) is 0 Å².